The van der Waals surface area contributed by atoms with Crippen LogP contribution in [0.25, 0.3) is 6.08 Å². The first kappa shape index (κ1) is 24.0. The number of nitrogens with zero attached hydrogens (tertiary/aromatic N) is 2. The Balaban J connectivity index is 1.50. The maximum absolute atomic E-state index is 12.7. The van der Waals surface area contributed by atoms with Gasteiger partial charge in [0.15, 0.2) is 0 Å². The molecule has 1 saturated heterocycles. The van der Waals surface area contributed by atoms with Crippen LogP contribution in [0.3, 0.4) is 0 Å². The van der Waals surface area contributed by atoms with E-state index in [1.807, 2.05) is 0 Å². The van der Waals surface area contributed by atoms with Crippen molar-refractivity contribution in [1.29, 1.82) is 0 Å². The van der Waals surface area contributed by atoms with Gasteiger partial charge in [-0.05, 0) is 48.5 Å². The summed E-state index contributed by atoms with van der Waals surface area (Å²) in [6.45, 7) is 2.80. The Morgan fingerprint density at radius 2 is 1.59 bits per heavy atom. The number of sulfonamides is 1. The van der Waals surface area contributed by atoms with Crippen LogP contribution in [0, 0.1) is 0 Å². The number of benzene rings is 2. The zero-order valence-corrected chi connectivity index (χ0v) is 18.3. The summed E-state index contributed by atoms with van der Waals surface area (Å²) < 4.78 is 63.7. The van der Waals surface area contributed by atoms with Gasteiger partial charge in [-0.25, -0.2) is 13.1 Å². The number of hydrogen-bond acceptors (Lipinski definition) is 4. The van der Waals surface area contributed by atoms with Crippen LogP contribution in [-0.2, 0) is 27.5 Å². The molecule has 10 heteroatoms. The lowest BCUT2D eigenvalue weighted by atomic mass is 10.1. The fraction of sp³-hybridized carbons (Fsp3) is 0.318. The largest absolute Gasteiger partial charge is 0.416 e. The lowest BCUT2D eigenvalue weighted by molar-refractivity contribution is -0.137. The zero-order chi connectivity index (χ0) is 23.4. The van der Waals surface area contributed by atoms with Crippen molar-refractivity contribution in [2.45, 2.75) is 17.6 Å². The van der Waals surface area contributed by atoms with E-state index >= 15 is 0 Å². The summed E-state index contributed by atoms with van der Waals surface area (Å²) in [5.41, 5.74) is 0.831. The van der Waals surface area contributed by atoms with Crippen molar-refractivity contribution in [2.75, 3.05) is 33.2 Å². The predicted molar refractivity (Wildman–Crippen MR) is 115 cm³/mol. The molecular weight excluding hydrogens is 443 g/mol. The SMILES string of the molecule is CNS(=O)(=O)c1ccc(/C=C/C(=O)N2CCN(Cc3ccc(C(F)(F)F)cc3)CC2)cc1. The van der Waals surface area contributed by atoms with E-state index in [0.29, 0.717) is 38.3 Å². The van der Waals surface area contributed by atoms with E-state index in [1.165, 1.54) is 37.4 Å². The molecule has 1 N–H and O–H groups in total. The minimum absolute atomic E-state index is 0.146. The normalized spacial score (nSPS) is 15.9. The molecule has 0 spiro atoms. The number of halogens is 3. The number of nitrogens with one attached hydrogen (secondary N) is 1. The molecule has 172 valence electrons. The molecule has 6 nitrogen and oxygen atoms in total. The monoisotopic (exact) mass is 467 g/mol. The number of piperazine rings is 1. The lowest BCUT2D eigenvalue weighted by Crippen LogP contribution is -2.47. The average molecular weight is 468 g/mol. The van der Waals surface area contributed by atoms with Crippen molar-refractivity contribution in [3.05, 3.63) is 71.3 Å². The quantitative estimate of drug-likeness (QED) is 0.664. The first-order valence-electron chi connectivity index (χ1n) is 9.97. The molecule has 0 atom stereocenters. The van der Waals surface area contributed by atoms with Gasteiger partial charge in [-0.15, -0.1) is 0 Å². The van der Waals surface area contributed by atoms with Crippen molar-refractivity contribution in [3.63, 3.8) is 0 Å². The predicted octanol–water partition coefficient (Wildman–Crippen LogP) is 2.97. The standard InChI is InChI=1S/C22H24F3N3O3S/c1-26-32(30,31)20-9-4-17(5-10-20)6-11-21(29)28-14-12-27(13-15-28)16-18-2-7-19(8-3-18)22(23,24)25/h2-11,26H,12-16H2,1H3/b11-6+. The second kappa shape index (κ2) is 9.85. The van der Waals surface area contributed by atoms with Gasteiger partial charge in [0.2, 0.25) is 15.9 Å². The van der Waals surface area contributed by atoms with Crippen molar-refractivity contribution in [1.82, 2.24) is 14.5 Å². The number of amides is 1. The number of carbonyl (C=O) groups is 1. The van der Waals surface area contributed by atoms with E-state index < -0.39 is 21.8 Å². The van der Waals surface area contributed by atoms with Crippen LogP contribution in [0.4, 0.5) is 13.2 Å². The van der Waals surface area contributed by atoms with Crippen LogP contribution < -0.4 is 4.72 Å². The highest BCUT2D eigenvalue weighted by atomic mass is 32.2. The Morgan fingerprint density at radius 3 is 2.12 bits per heavy atom. The molecule has 0 aromatic heterocycles. The number of carbonyl (C=O) groups excluding carboxylic acids is 1. The second-order valence-electron chi connectivity index (χ2n) is 7.41. The van der Waals surface area contributed by atoms with Gasteiger partial charge in [0, 0.05) is 38.8 Å². The van der Waals surface area contributed by atoms with Crippen molar-refractivity contribution >= 4 is 22.0 Å². The third-order valence-corrected chi connectivity index (χ3v) is 6.68. The molecule has 0 radical (unpaired) electrons. The Labute approximate surface area is 185 Å². The van der Waals surface area contributed by atoms with Gasteiger partial charge in [-0.3, -0.25) is 9.69 Å². The minimum atomic E-state index is -4.34. The first-order valence-corrected chi connectivity index (χ1v) is 11.5. The van der Waals surface area contributed by atoms with Crippen molar-refractivity contribution in [2.24, 2.45) is 0 Å². The molecule has 1 fully saturated rings. The smallest absolute Gasteiger partial charge is 0.337 e. The van der Waals surface area contributed by atoms with Crippen LogP contribution >= 0.6 is 0 Å². The molecule has 1 aliphatic rings. The number of alkyl halides is 3. The molecule has 0 aliphatic carbocycles. The zero-order valence-electron chi connectivity index (χ0n) is 17.5. The molecule has 1 heterocycles. The van der Waals surface area contributed by atoms with Gasteiger partial charge in [0.1, 0.15) is 0 Å². The molecule has 3 rings (SSSR count). The molecule has 2 aromatic carbocycles. The molecular formula is C22H24F3N3O3S. The summed E-state index contributed by atoms with van der Waals surface area (Å²) in [6.07, 6.45) is -1.26. The molecule has 0 unspecified atom stereocenters. The van der Waals surface area contributed by atoms with Crippen molar-refractivity contribution < 1.29 is 26.4 Å². The maximum atomic E-state index is 12.7. The van der Waals surface area contributed by atoms with Gasteiger partial charge in [-0.1, -0.05) is 24.3 Å². The third-order valence-electron chi connectivity index (χ3n) is 5.25. The molecule has 1 aliphatic heterocycles. The topological polar surface area (TPSA) is 69.7 Å². The van der Waals surface area contributed by atoms with Crippen LogP contribution in [0.2, 0.25) is 0 Å². The van der Waals surface area contributed by atoms with Crippen LogP contribution in [0.1, 0.15) is 16.7 Å². The number of hydrogen-bond donors (Lipinski definition) is 1. The average Bonchev–Trinajstić information content (AvgIpc) is 2.78. The molecule has 32 heavy (non-hydrogen) atoms. The molecule has 0 saturated carbocycles. The summed E-state index contributed by atoms with van der Waals surface area (Å²) in [4.78, 5) is 16.4. The van der Waals surface area contributed by atoms with Gasteiger partial charge in [0.05, 0.1) is 10.5 Å². The van der Waals surface area contributed by atoms with Gasteiger partial charge in [0.25, 0.3) is 0 Å². The Kier molecular flexibility index (Phi) is 7.37. The van der Waals surface area contributed by atoms with Gasteiger partial charge >= 0.3 is 6.18 Å². The summed E-state index contributed by atoms with van der Waals surface area (Å²) in [7, 11) is -2.17. The van der Waals surface area contributed by atoms with E-state index in [2.05, 4.69) is 9.62 Å². The highest BCUT2D eigenvalue weighted by Crippen LogP contribution is 2.29. The van der Waals surface area contributed by atoms with E-state index in [0.717, 1.165) is 17.7 Å². The second-order valence-corrected chi connectivity index (χ2v) is 9.29. The third kappa shape index (κ3) is 6.18. The van der Waals surface area contributed by atoms with Crippen LogP contribution in [0.15, 0.2) is 59.5 Å². The summed E-state index contributed by atoms with van der Waals surface area (Å²) in [6, 6.07) is 11.3. The fourth-order valence-corrected chi connectivity index (χ4v) is 4.06. The molecule has 1 amide bonds. The lowest BCUT2D eigenvalue weighted by Gasteiger charge is -2.34. The highest BCUT2D eigenvalue weighted by molar-refractivity contribution is 7.89. The van der Waals surface area contributed by atoms with Gasteiger partial charge in [-0.2, -0.15) is 13.2 Å². The van der Waals surface area contributed by atoms with Crippen LogP contribution in [0.5, 0.6) is 0 Å². The summed E-state index contributed by atoms with van der Waals surface area (Å²) in [5, 5.41) is 0. The van der Waals surface area contributed by atoms with Gasteiger partial charge < -0.3 is 4.90 Å². The Hall–Kier alpha value is -2.69. The Morgan fingerprint density at radius 1 is 1.00 bits per heavy atom. The van der Waals surface area contributed by atoms with Crippen LogP contribution in [-0.4, -0.2) is 57.4 Å². The Bertz CT molecular complexity index is 1060. The van der Waals surface area contributed by atoms with E-state index in [4.69, 9.17) is 0 Å². The summed E-state index contributed by atoms with van der Waals surface area (Å²) >= 11 is 0. The fourth-order valence-electron chi connectivity index (χ4n) is 3.33. The summed E-state index contributed by atoms with van der Waals surface area (Å²) in [5.74, 6) is -0.147. The maximum Gasteiger partial charge on any atom is 0.416 e. The van der Waals surface area contributed by atoms with Crippen molar-refractivity contribution in [3.8, 4) is 0 Å². The van der Waals surface area contributed by atoms with E-state index in [1.54, 1.807) is 23.1 Å². The van der Waals surface area contributed by atoms with E-state index in [-0.39, 0.29) is 10.8 Å². The number of rotatable bonds is 6. The molecule has 0 bridgehead atoms. The first-order chi connectivity index (χ1) is 15.1. The van der Waals surface area contributed by atoms with E-state index in [9.17, 15) is 26.4 Å². The highest BCUT2D eigenvalue weighted by Gasteiger charge is 2.30. The molecule has 2 aromatic rings. The minimum Gasteiger partial charge on any atom is -0.337 e.